The number of carbonyl (C=O) groups is 1. The fourth-order valence-corrected chi connectivity index (χ4v) is 2.65. The van der Waals surface area contributed by atoms with Gasteiger partial charge in [-0.1, -0.05) is 13.8 Å². The molecule has 1 atom stereocenters. The van der Waals surface area contributed by atoms with Crippen molar-refractivity contribution in [3.05, 3.63) is 29.6 Å². The molecule has 5 heteroatoms. The van der Waals surface area contributed by atoms with Gasteiger partial charge in [-0.15, -0.1) is 0 Å². The van der Waals surface area contributed by atoms with Gasteiger partial charge in [0.2, 0.25) is 0 Å². The Labute approximate surface area is 118 Å². The lowest BCUT2D eigenvalue weighted by Crippen LogP contribution is -2.37. The summed E-state index contributed by atoms with van der Waals surface area (Å²) in [5.41, 5.74) is 0.676. The Kier molecular flexibility index (Phi) is 4.05. The number of hydrogen-bond acceptors (Lipinski definition) is 4. The Bertz CT molecular complexity index is 531. The van der Waals surface area contributed by atoms with Crippen molar-refractivity contribution in [1.29, 1.82) is 5.26 Å². The predicted molar refractivity (Wildman–Crippen MR) is 73.9 cm³/mol. The van der Waals surface area contributed by atoms with Gasteiger partial charge in [0.1, 0.15) is 11.8 Å². The summed E-state index contributed by atoms with van der Waals surface area (Å²) in [6, 6.07) is 5.11. The number of rotatable bonds is 1. The molecule has 1 unspecified atom stereocenters. The molecule has 0 aliphatic carbocycles. The van der Waals surface area contributed by atoms with Crippen molar-refractivity contribution in [2.24, 2.45) is 5.41 Å². The fraction of sp³-hybridized carbons (Fsp3) is 0.533. The van der Waals surface area contributed by atoms with Crippen molar-refractivity contribution < 1.29 is 9.90 Å². The molecular formula is C15H19N3O2. The molecule has 1 aliphatic rings. The van der Waals surface area contributed by atoms with Gasteiger partial charge in [0.15, 0.2) is 0 Å². The highest BCUT2D eigenvalue weighted by Gasteiger charge is 2.31. The van der Waals surface area contributed by atoms with Crippen LogP contribution in [0.1, 0.15) is 42.7 Å². The molecule has 0 aromatic carbocycles. The highest BCUT2D eigenvalue weighted by atomic mass is 16.3. The Hall–Kier alpha value is -1.93. The smallest absolute Gasteiger partial charge is 0.255 e. The summed E-state index contributed by atoms with van der Waals surface area (Å²) in [6.45, 7) is 5.27. The van der Waals surface area contributed by atoms with Crippen LogP contribution in [0.15, 0.2) is 18.3 Å². The van der Waals surface area contributed by atoms with Crippen LogP contribution in [-0.2, 0) is 0 Å². The highest BCUT2D eigenvalue weighted by Crippen LogP contribution is 2.29. The molecule has 1 saturated heterocycles. The average Bonchev–Trinajstić information content (AvgIpc) is 2.55. The predicted octanol–water partition coefficient (Wildman–Crippen LogP) is 1.58. The largest absolute Gasteiger partial charge is 0.393 e. The lowest BCUT2D eigenvalue weighted by Gasteiger charge is -2.29. The van der Waals surface area contributed by atoms with Gasteiger partial charge in [0.05, 0.1) is 11.7 Å². The molecule has 1 fully saturated rings. The Balaban J connectivity index is 2.17. The fourth-order valence-electron chi connectivity index (χ4n) is 2.65. The van der Waals surface area contributed by atoms with Crippen LogP contribution in [0.4, 0.5) is 0 Å². The van der Waals surface area contributed by atoms with E-state index >= 15 is 0 Å². The van der Waals surface area contributed by atoms with Crippen molar-refractivity contribution in [2.45, 2.75) is 32.8 Å². The maximum Gasteiger partial charge on any atom is 0.255 e. The van der Waals surface area contributed by atoms with Crippen LogP contribution < -0.4 is 0 Å². The molecule has 1 aromatic rings. The molecule has 0 saturated carbocycles. The number of nitriles is 1. The second kappa shape index (κ2) is 5.59. The number of hydrogen-bond donors (Lipinski definition) is 1. The van der Waals surface area contributed by atoms with Gasteiger partial charge in [-0.05, 0) is 30.4 Å². The molecule has 0 radical (unpaired) electrons. The first-order valence-electron chi connectivity index (χ1n) is 6.75. The van der Waals surface area contributed by atoms with Gasteiger partial charge < -0.3 is 10.0 Å². The van der Waals surface area contributed by atoms with Gasteiger partial charge in [0.25, 0.3) is 5.91 Å². The number of nitrogens with zero attached hydrogens (tertiary/aromatic N) is 3. The number of likely N-dealkylation sites (tertiary alicyclic amines) is 1. The maximum atomic E-state index is 12.5. The van der Waals surface area contributed by atoms with E-state index in [2.05, 4.69) is 18.8 Å². The molecule has 20 heavy (non-hydrogen) atoms. The minimum Gasteiger partial charge on any atom is -0.393 e. The zero-order valence-electron chi connectivity index (χ0n) is 11.8. The van der Waals surface area contributed by atoms with E-state index in [1.54, 1.807) is 17.0 Å². The zero-order chi connectivity index (χ0) is 14.8. The van der Waals surface area contributed by atoms with Crippen LogP contribution >= 0.6 is 0 Å². The normalized spacial score (nSPS) is 21.9. The van der Waals surface area contributed by atoms with Gasteiger partial charge in [0, 0.05) is 19.3 Å². The number of aromatic nitrogens is 1. The summed E-state index contributed by atoms with van der Waals surface area (Å²) < 4.78 is 0. The molecule has 0 spiro atoms. The first-order chi connectivity index (χ1) is 9.41. The van der Waals surface area contributed by atoms with Gasteiger partial charge in [-0.2, -0.15) is 5.26 Å². The number of amides is 1. The van der Waals surface area contributed by atoms with Crippen molar-refractivity contribution in [1.82, 2.24) is 9.88 Å². The van der Waals surface area contributed by atoms with Crippen molar-refractivity contribution in [3.8, 4) is 6.07 Å². The second-order valence-electron chi connectivity index (χ2n) is 6.08. The Morgan fingerprint density at radius 3 is 2.90 bits per heavy atom. The van der Waals surface area contributed by atoms with E-state index in [0.717, 1.165) is 0 Å². The molecule has 1 N–H and O–H groups in total. The maximum absolute atomic E-state index is 12.5. The minimum absolute atomic E-state index is 0.0934. The molecule has 106 valence electrons. The first kappa shape index (κ1) is 14.5. The van der Waals surface area contributed by atoms with E-state index in [4.69, 9.17) is 5.26 Å². The van der Waals surface area contributed by atoms with Crippen LogP contribution in [0.25, 0.3) is 0 Å². The third-order valence-corrected chi connectivity index (χ3v) is 3.55. The summed E-state index contributed by atoms with van der Waals surface area (Å²) in [6.07, 6.45) is 2.37. The summed E-state index contributed by atoms with van der Waals surface area (Å²) >= 11 is 0. The minimum atomic E-state index is -0.359. The summed E-state index contributed by atoms with van der Waals surface area (Å²) in [5.74, 6) is -0.0934. The monoisotopic (exact) mass is 273 g/mol. The van der Waals surface area contributed by atoms with E-state index in [1.165, 1.54) is 6.20 Å². The molecule has 1 aliphatic heterocycles. The second-order valence-corrected chi connectivity index (χ2v) is 6.08. The molecular weight excluding hydrogens is 254 g/mol. The number of carbonyl (C=O) groups excluding carboxylic acids is 1. The Morgan fingerprint density at radius 2 is 2.30 bits per heavy atom. The number of aliphatic hydroxyl groups is 1. The zero-order valence-corrected chi connectivity index (χ0v) is 11.8. The summed E-state index contributed by atoms with van der Waals surface area (Å²) in [7, 11) is 0. The van der Waals surface area contributed by atoms with E-state index < -0.39 is 0 Å². The van der Waals surface area contributed by atoms with Gasteiger partial charge in [-0.25, -0.2) is 4.98 Å². The summed E-state index contributed by atoms with van der Waals surface area (Å²) in [4.78, 5) is 18.2. The third-order valence-electron chi connectivity index (χ3n) is 3.55. The highest BCUT2D eigenvalue weighted by molar-refractivity contribution is 5.94. The first-order valence-corrected chi connectivity index (χ1v) is 6.75. The van der Waals surface area contributed by atoms with Crippen molar-refractivity contribution in [2.75, 3.05) is 13.1 Å². The molecule has 2 heterocycles. The average molecular weight is 273 g/mol. The van der Waals surface area contributed by atoms with Crippen LogP contribution in [0.2, 0.25) is 0 Å². The molecule has 5 nitrogen and oxygen atoms in total. The third kappa shape index (κ3) is 3.34. The lowest BCUT2D eigenvalue weighted by molar-refractivity contribution is 0.0704. The van der Waals surface area contributed by atoms with Gasteiger partial charge in [-0.3, -0.25) is 4.79 Å². The number of aliphatic hydroxyl groups excluding tert-OH is 1. The van der Waals surface area contributed by atoms with Crippen LogP contribution in [0, 0.1) is 16.7 Å². The SMILES string of the molecule is CC1(C)CC(O)CCN(C(=O)c2ccc(C#N)nc2)C1. The van der Waals surface area contributed by atoms with Crippen molar-refractivity contribution >= 4 is 5.91 Å². The van der Waals surface area contributed by atoms with Crippen molar-refractivity contribution in [3.63, 3.8) is 0 Å². The van der Waals surface area contributed by atoms with Crippen LogP contribution in [0.5, 0.6) is 0 Å². The van der Waals surface area contributed by atoms with E-state index in [9.17, 15) is 9.90 Å². The Morgan fingerprint density at radius 1 is 1.55 bits per heavy atom. The molecule has 1 amide bonds. The molecule has 2 rings (SSSR count). The van der Waals surface area contributed by atoms with Crippen LogP contribution in [-0.4, -0.2) is 40.1 Å². The van der Waals surface area contributed by atoms with E-state index in [-0.39, 0.29) is 17.4 Å². The van der Waals surface area contributed by atoms with Crippen LogP contribution in [0.3, 0.4) is 0 Å². The number of pyridine rings is 1. The lowest BCUT2D eigenvalue weighted by atomic mass is 9.87. The summed E-state index contributed by atoms with van der Waals surface area (Å²) in [5, 5.41) is 18.6. The quantitative estimate of drug-likeness (QED) is 0.842. The standard InChI is InChI=1S/C15H19N3O2/c1-15(2)7-13(19)5-6-18(10-15)14(20)11-3-4-12(8-16)17-9-11/h3-4,9,13,19H,5-7,10H2,1-2H3. The topological polar surface area (TPSA) is 77.2 Å². The molecule has 0 bridgehead atoms. The molecule has 1 aromatic heterocycles. The van der Waals surface area contributed by atoms with E-state index in [0.29, 0.717) is 37.2 Å². The van der Waals surface area contributed by atoms with Gasteiger partial charge >= 0.3 is 0 Å². The van der Waals surface area contributed by atoms with E-state index in [1.807, 2.05) is 6.07 Å².